The summed E-state index contributed by atoms with van der Waals surface area (Å²) in [6.07, 6.45) is -0.560. The van der Waals surface area contributed by atoms with Crippen LogP contribution in [-0.2, 0) is 0 Å². The molecule has 5 heteroatoms. The zero-order valence-corrected chi connectivity index (χ0v) is 4.78. The summed E-state index contributed by atoms with van der Waals surface area (Å²) in [6.45, 7) is 1.39. The lowest BCUT2D eigenvalue weighted by molar-refractivity contribution is 0.110. The van der Waals surface area contributed by atoms with Gasteiger partial charge in [-0.3, -0.25) is 0 Å². The molecule has 0 aromatic rings. The average molecular weight is 122 g/mol. The maximum Gasteiger partial charge on any atom is 0.432 e. The second-order valence-corrected chi connectivity index (χ2v) is 1.17. The molecule has 0 radical (unpaired) electrons. The van der Waals surface area contributed by atoms with Crippen molar-refractivity contribution in [1.29, 1.82) is 0 Å². The van der Waals surface area contributed by atoms with Crippen molar-refractivity contribution in [1.82, 2.24) is 0 Å². The molecule has 0 heterocycles. The highest BCUT2D eigenvalue weighted by Gasteiger charge is 1.83. The maximum atomic E-state index is 8.11. The molecule has 0 rings (SSSR count). The van der Waals surface area contributed by atoms with Crippen LogP contribution in [0.5, 0.6) is 0 Å². The Balaban J connectivity index is 0. The number of hydrogen-bond donors (Lipinski definition) is 4. The molecule has 0 bridgehead atoms. The summed E-state index contributed by atoms with van der Waals surface area (Å²) in [5.41, 5.74) is 0. The first kappa shape index (κ1) is 10.8. The molecule has 0 saturated carbocycles. The van der Waals surface area contributed by atoms with Crippen molar-refractivity contribution in [3.05, 3.63) is 0 Å². The number of hydrogen-bond acceptors (Lipinski definition) is 4. The van der Waals surface area contributed by atoms with Gasteiger partial charge in [0.1, 0.15) is 0 Å². The second-order valence-electron chi connectivity index (χ2n) is 1.17. The SMILES string of the molecule is CC(O)CO.OBO. The molecule has 0 aliphatic rings. The third-order valence-corrected chi connectivity index (χ3v) is 0.264. The van der Waals surface area contributed by atoms with E-state index in [9.17, 15) is 0 Å². The molecule has 0 aliphatic carbocycles. The van der Waals surface area contributed by atoms with Crippen LogP contribution < -0.4 is 0 Å². The van der Waals surface area contributed by atoms with E-state index in [-0.39, 0.29) is 6.61 Å². The van der Waals surface area contributed by atoms with Gasteiger partial charge in [-0.15, -0.1) is 0 Å². The zero-order chi connectivity index (χ0) is 6.99. The fourth-order valence-corrected chi connectivity index (χ4v) is 0. The van der Waals surface area contributed by atoms with Gasteiger partial charge in [0.25, 0.3) is 0 Å². The summed E-state index contributed by atoms with van der Waals surface area (Å²) >= 11 is 0. The van der Waals surface area contributed by atoms with Gasteiger partial charge >= 0.3 is 7.69 Å². The number of aliphatic hydroxyl groups excluding tert-OH is 2. The van der Waals surface area contributed by atoms with E-state index >= 15 is 0 Å². The van der Waals surface area contributed by atoms with Crippen LogP contribution in [0.2, 0.25) is 0 Å². The largest absolute Gasteiger partial charge is 0.432 e. The van der Waals surface area contributed by atoms with Gasteiger partial charge in [-0.25, -0.2) is 0 Å². The first-order chi connectivity index (χ1) is 3.68. The molecule has 8 heavy (non-hydrogen) atoms. The van der Waals surface area contributed by atoms with Gasteiger partial charge in [-0.2, -0.15) is 0 Å². The summed E-state index contributed by atoms with van der Waals surface area (Å²) in [7, 11) is -0.750. The molecular formula is C3H11BO4. The second kappa shape index (κ2) is 10.0. The summed E-state index contributed by atoms with van der Waals surface area (Å²) in [5, 5.41) is 30.3. The van der Waals surface area contributed by atoms with Gasteiger partial charge in [-0.1, -0.05) is 0 Å². The minimum atomic E-state index is -0.750. The maximum absolute atomic E-state index is 8.11. The first-order valence-corrected chi connectivity index (χ1v) is 2.19. The van der Waals surface area contributed by atoms with Crippen molar-refractivity contribution in [3.8, 4) is 0 Å². The molecule has 4 nitrogen and oxygen atoms in total. The summed E-state index contributed by atoms with van der Waals surface area (Å²) in [6, 6.07) is 0. The highest BCUT2D eigenvalue weighted by atomic mass is 16.4. The van der Waals surface area contributed by atoms with E-state index in [1.165, 1.54) is 6.92 Å². The standard InChI is InChI=1S/C3H8O2.BH3O2/c1-3(5)2-4;2-1-3/h3-5H,2H2,1H3;1-3H. The van der Waals surface area contributed by atoms with Crippen molar-refractivity contribution in [3.63, 3.8) is 0 Å². The summed E-state index contributed by atoms with van der Waals surface area (Å²) < 4.78 is 0. The van der Waals surface area contributed by atoms with Gasteiger partial charge in [0.05, 0.1) is 12.7 Å². The fourth-order valence-electron chi connectivity index (χ4n) is 0. The lowest BCUT2D eigenvalue weighted by Crippen LogP contribution is -2.03. The lowest BCUT2D eigenvalue weighted by atomic mass is 10.5. The van der Waals surface area contributed by atoms with E-state index in [2.05, 4.69) is 0 Å². The molecular weight excluding hydrogens is 111 g/mol. The monoisotopic (exact) mass is 122 g/mol. The minimum absolute atomic E-state index is 0.139. The molecule has 1 unspecified atom stereocenters. The van der Waals surface area contributed by atoms with Crippen LogP contribution in [0.4, 0.5) is 0 Å². The topological polar surface area (TPSA) is 80.9 Å². The Morgan fingerprint density at radius 2 is 1.62 bits per heavy atom. The van der Waals surface area contributed by atoms with Gasteiger partial charge in [-0.05, 0) is 6.92 Å². The first-order valence-electron chi connectivity index (χ1n) is 2.19. The van der Waals surface area contributed by atoms with Crippen LogP contribution in [0.1, 0.15) is 6.92 Å². The molecule has 0 aromatic heterocycles. The Hall–Kier alpha value is -0.0951. The quantitative estimate of drug-likeness (QED) is 0.292. The Morgan fingerprint density at radius 1 is 1.50 bits per heavy atom. The number of rotatable bonds is 1. The van der Waals surface area contributed by atoms with Crippen LogP contribution in [0.15, 0.2) is 0 Å². The van der Waals surface area contributed by atoms with Crippen LogP contribution in [0.25, 0.3) is 0 Å². The van der Waals surface area contributed by atoms with Crippen LogP contribution in [0.3, 0.4) is 0 Å². The van der Waals surface area contributed by atoms with E-state index in [1.54, 1.807) is 0 Å². The Bertz CT molecular complexity index is 32.5. The molecule has 1 atom stereocenters. The van der Waals surface area contributed by atoms with Crippen molar-refractivity contribution in [2.75, 3.05) is 6.61 Å². The molecule has 0 saturated heterocycles. The number of aliphatic hydroxyl groups is 2. The van der Waals surface area contributed by atoms with Crippen molar-refractivity contribution < 1.29 is 20.3 Å². The van der Waals surface area contributed by atoms with E-state index < -0.39 is 13.8 Å². The van der Waals surface area contributed by atoms with Crippen molar-refractivity contribution in [2.45, 2.75) is 13.0 Å². The molecule has 0 aliphatic heterocycles. The predicted octanol–water partition coefficient (Wildman–Crippen LogP) is -2.40. The fraction of sp³-hybridized carbons (Fsp3) is 1.00. The molecule has 4 N–H and O–H groups in total. The van der Waals surface area contributed by atoms with Gasteiger partial charge in [0.15, 0.2) is 0 Å². The molecule has 0 amide bonds. The van der Waals surface area contributed by atoms with Crippen molar-refractivity contribution >= 4 is 7.69 Å². The van der Waals surface area contributed by atoms with E-state index in [1.807, 2.05) is 0 Å². The Kier molecular flexibility index (Phi) is 13.5. The normalized spacial score (nSPS) is 11.1. The Morgan fingerprint density at radius 3 is 1.62 bits per heavy atom. The van der Waals surface area contributed by atoms with E-state index in [4.69, 9.17) is 20.3 Å². The highest BCUT2D eigenvalue weighted by molar-refractivity contribution is 6.13. The Labute approximate surface area is 48.7 Å². The summed E-state index contributed by atoms with van der Waals surface area (Å²) in [4.78, 5) is 0. The third-order valence-electron chi connectivity index (χ3n) is 0.264. The van der Waals surface area contributed by atoms with Crippen LogP contribution >= 0.6 is 0 Å². The zero-order valence-electron chi connectivity index (χ0n) is 4.78. The smallest absolute Gasteiger partial charge is 0.430 e. The van der Waals surface area contributed by atoms with Crippen LogP contribution in [0, 0.1) is 0 Å². The molecule has 0 fully saturated rings. The third kappa shape index (κ3) is 39.1. The van der Waals surface area contributed by atoms with Gasteiger partial charge in [0, 0.05) is 0 Å². The van der Waals surface area contributed by atoms with Crippen LogP contribution in [-0.4, -0.2) is 40.7 Å². The molecule has 0 aromatic carbocycles. The van der Waals surface area contributed by atoms with Gasteiger partial charge in [0.2, 0.25) is 0 Å². The highest BCUT2D eigenvalue weighted by Crippen LogP contribution is 1.68. The average Bonchev–Trinajstić information content (AvgIpc) is 1.69. The van der Waals surface area contributed by atoms with Crippen molar-refractivity contribution in [2.24, 2.45) is 0 Å². The van der Waals surface area contributed by atoms with E-state index in [0.29, 0.717) is 0 Å². The van der Waals surface area contributed by atoms with E-state index in [0.717, 1.165) is 0 Å². The minimum Gasteiger partial charge on any atom is -0.430 e. The van der Waals surface area contributed by atoms with Gasteiger partial charge < -0.3 is 20.3 Å². The summed E-state index contributed by atoms with van der Waals surface area (Å²) in [5.74, 6) is 0. The molecule has 50 valence electrons. The lowest BCUT2D eigenvalue weighted by Gasteiger charge is -1.90. The molecule has 0 spiro atoms. The predicted molar refractivity (Wildman–Crippen MR) is 30.4 cm³/mol.